The van der Waals surface area contributed by atoms with Crippen molar-refractivity contribution in [2.45, 2.75) is 31.8 Å². The number of hydrogen-bond donors (Lipinski definition) is 2. The summed E-state index contributed by atoms with van der Waals surface area (Å²) in [6, 6.07) is 9.59. The number of imide groups is 1. The number of carbonyl (C=O) groups excluding carboxylic acids is 3. The maximum absolute atomic E-state index is 13.4. The summed E-state index contributed by atoms with van der Waals surface area (Å²) in [6.45, 7) is 2.91. The normalized spacial score (nSPS) is 19.6. The fraction of sp³-hybridized carbons (Fsp3) is 0.286. The van der Waals surface area contributed by atoms with Gasteiger partial charge in [0.05, 0.1) is 6.04 Å². The largest absolute Gasteiger partial charge is 0.348 e. The molecule has 2 N–H and O–H groups in total. The SMILES string of the molecule is CCC(NC(=O)CN1C(=O)NC(C)(c2ccc(F)cc2Cl)C1=O)c1ccc(Cl)cc1. The second-order valence-electron chi connectivity index (χ2n) is 7.15. The molecule has 2 aromatic carbocycles. The Morgan fingerprint density at radius 1 is 1.20 bits per heavy atom. The topological polar surface area (TPSA) is 78.5 Å². The van der Waals surface area contributed by atoms with Crippen molar-refractivity contribution in [2.75, 3.05) is 6.54 Å². The molecule has 1 heterocycles. The van der Waals surface area contributed by atoms with Crippen molar-refractivity contribution in [1.29, 1.82) is 0 Å². The van der Waals surface area contributed by atoms with E-state index in [-0.39, 0.29) is 16.6 Å². The third kappa shape index (κ3) is 4.27. The number of benzene rings is 2. The zero-order valence-corrected chi connectivity index (χ0v) is 17.9. The highest BCUT2D eigenvalue weighted by molar-refractivity contribution is 6.32. The van der Waals surface area contributed by atoms with Gasteiger partial charge >= 0.3 is 6.03 Å². The minimum atomic E-state index is -1.50. The average Bonchev–Trinajstić information content (AvgIpc) is 2.90. The lowest BCUT2D eigenvalue weighted by atomic mass is 9.92. The van der Waals surface area contributed by atoms with Crippen LogP contribution in [0.15, 0.2) is 42.5 Å². The zero-order valence-electron chi connectivity index (χ0n) is 16.3. The Balaban J connectivity index is 1.74. The van der Waals surface area contributed by atoms with Crippen molar-refractivity contribution in [3.63, 3.8) is 0 Å². The van der Waals surface area contributed by atoms with Crippen LogP contribution in [0.5, 0.6) is 0 Å². The van der Waals surface area contributed by atoms with Crippen LogP contribution in [-0.4, -0.2) is 29.3 Å². The Hall–Kier alpha value is -2.64. The standard InChI is InChI=1S/C21H20Cl2FN3O3/c1-3-17(12-4-6-13(22)7-5-12)25-18(28)11-27-19(29)21(2,26-20(27)30)15-9-8-14(24)10-16(15)23/h4-10,17H,3,11H2,1-2H3,(H,25,28)(H,26,30). The first-order chi connectivity index (χ1) is 14.2. The zero-order chi connectivity index (χ0) is 22.1. The van der Waals surface area contributed by atoms with Crippen LogP contribution in [0.1, 0.15) is 37.4 Å². The van der Waals surface area contributed by atoms with E-state index in [2.05, 4.69) is 10.6 Å². The Bertz CT molecular complexity index is 999. The Morgan fingerprint density at radius 3 is 2.47 bits per heavy atom. The van der Waals surface area contributed by atoms with E-state index in [1.165, 1.54) is 13.0 Å². The minimum Gasteiger partial charge on any atom is -0.348 e. The van der Waals surface area contributed by atoms with Gasteiger partial charge in [-0.15, -0.1) is 0 Å². The molecule has 2 aromatic rings. The molecule has 9 heteroatoms. The van der Waals surface area contributed by atoms with E-state index in [0.717, 1.165) is 22.6 Å². The van der Waals surface area contributed by atoms with E-state index in [4.69, 9.17) is 23.2 Å². The molecule has 1 saturated heterocycles. The summed E-state index contributed by atoms with van der Waals surface area (Å²) < 4.78 is 13.4. The van der Waals surface area contributed by atoms with E-state index < -0.39 is 35.7 Å². The Morgan fingerprint density at radius 2 is 1.87 bits per heavy atom. The summed E-state index contributed by atoms with van der Waals surface area (Å²) in [6.07, 6.45) is 0.608. The van der Waals surface area contributed by atoms with E-state index in [1.54, 1.807) is 24.3 Å². The molecule has 0 bridgehead atoms. The van der Waals surface area contributed by atoms with Crippen LogP contribution < -0.4 is 10.6 Å². The maximum Gasteiger partial charge on any atom is 0.325 e. The quantitative estimate of drug-likeness (QED) is 0.646. The molecule has 4 amide bonds. The van der Waals surface area contributed by atoms with Gasteiger partial charge < -0.3 is 10.6 Å². The lowest BCUT2D eigenvalue weighted by molar-refractivity contribution is -0.135. The fourth-order valence-corrected chi connectivity index (χ4v) is 3.90. The molecule has 30 heavy (non-hydrogen) atoms. The second kappa shape index (κ2) is 8.62. The summed E-state index contributed by atoms with van der Waals surface area (Å²) in [5.74, 6) is -1.70. The number of halogens is 3. The van der Waals surface area contributed by atoms with Crippen LogP contribution in [0.25, 0.3) is 0 Å². The molecule has 0 aromatic heterocycles. The molecule has 3 rings (SSSR count). The van der Waals surface area contributed by atoms with Gasteiger partial charge in [-0.05, 0) is 43.2 Å². The van der Waals surface area contributed by atoms with Crippen LogP contribution in [-0.2, 0) is 15.1 Å². The number of urea groups is 1. The van der Waals surface area contributed by atoms with E-state index >= 15 is 0 Å². The number of nitrogens with zero attached hydrogens (tertiary/aromatic N) is 1. The summed E-state index contributed by atoms with van der Waals surface area (Å²) in [7, 11) is 0. The molecule has 2 unspecified atom stereocenters. The third-order valence-corrected chi connectivity index (χ3v) is 5.63. The lowest BCUT2D eigenvalue weighted by Gasteiger charge is -2.23. The monoisotopic (exact) mass is 451 g/mol. The molecule has 6 nitrogen and oxygen atoms in total. The van der Waals surface area contributed by atoms with Gasteiger partial charge in [0.2, 0.25) is 5.91 Å². The molecular formula is C21H20Cl2FN3O3. The summed E-state index contributed by atoms with van der Waals surface area (Å²) in [5, 5.41) is 5.97. The maximum atomic E-state index is 13.4. The molecule has 1 fully saturated rings. The van der Waals surface area contributed by atoms with E-state index in [0.29, 0.717) is 11.4 Å². The predicted octanol–water partition coefficient (Wildman–Crippen LogP) is 4.17. The molecule has 1 aliphatic rings. The van der Waals surface area contributed by atoms with E-state index in [1.807, 2.05) is 6.92 Å². The molecule has 0 saturated carbocycles. The highest BCUT2D eigenvalue weighted by atomic mass is 35.5. The van der Waals surface area contributed by atoms with Crippen molar-refractivity contribution >= 4 is 41.0 Å². The van der Waals surface area contributed by atoms with Crippen LogP contribution in [0.4, 0.5) is 9.18 Å². The fourth-order valence-electron chi connectivity index (χ4n) is 3.42. The van der Waals surface area contributed by atoms with Crippen molar-refractivity contribution < 1.29 is 18.8 Å². The van der Waals surface area contributed by atoms with Crippen molar-refractivity contribution in [3.05, 3.63) is 69.5 Å². The van der Waals surface area contributed by atoms with Crippen LogP contribution in [0, 0.1) is 5.82 Å². The smallest absolute Gasteiger partial charge is 0.325 e. The number of rotatable bonds is 6. The average molecular weight is 452 g/mol. The molecule has 0 spiro atoms. The third-order valence-electron chi connectivity index (χ3n) is 5.06. The van der Waals surface area contributed by atoms with Crippen LogP contribution >= 0.6 is 23.2 Å². The number of hydrogen-bond acceptors (Lipinski definition) is 3. The van der Waals surface area contributed by atoms with E-state index in [9.17, 15) is 18.8 Å². The lowest BCUT2D eigenvalue weighted by Crippen LogP contribution is -2.44. The highest BCUT2D eigenvalue weighted by Crippen LogP contribution is 2.34. The van der Waals surface area contributed by atoms with Gasteiger partial charge in [0.15, 0.2) is 0 Å². The van der Waals surface area contributed by atoms with Gasteiger partial charge in [-0.2, -0.15) is 0 Å². The summed E-state index contributed by atoms with van der Waals surface area (Å²) in [5.41, 5.74) is -0.391. The summed E-state index contributed by atoms with van der Waals surface area (Å²) in [4.78, 5) is 38.8. The molecule has 158 valence electrons. The van der Waals surface area contributed by atoms with Gasteiger partial charge in [-0.1, -0.05) is 48.3 Å². The van der Waals surface area contributed by atoms with Crippen LogP contribution in [0.3, 0.4) is 0 Å². The van der Waals surface area contributed by atoms with Gasteiger partial charge in [0.1, 0.15) is 17.9 Å². The molecule has 0 radical (unpaired) electrons. The first-order valence-electron chi connectivity index (χ1n) is 9.30. The van der Waals surface area contributed by atoms with Gasteiger partial charge in [0, 0.05) is 15.6 Å². The molecular weight excluding hydrogens is 432 g/mol. The van der Waals surface area contributed by atoms with Crippen molar-refractivity contribution in [2.24, 2.45) is 0 Å². The van der Waals surface area contributed by atoms with Gasteiger partial charge in [-0.3, -0.25) is 14.5 Å². The first kappa shape index (κ1) is 22.1. The minimum absolute atomic E-state index is 0.00577. The highest BCUT2D eigenvalue weighted by Gasteiger charge is 2.50. The van der Waals surface area contributed by atoms with Crippen molar-refractivity contribution in [1.82, 2.24) is 15.5 Å². The molecule has 2 atom stereocenters. The first-order valence-corrected chi connectivity index (χ1v) is 10.1. The summed E-state index contributed by atoms with van der Waals surface area (Å²) >= 11 is 12.0. The number of carbonyl (C=O) groups is 3. The van der Waals surface area contributed by atoms with Gasteiger partial charge in [-0.25, -0.2) is 9.18 Å². The Labute approximate surface area is 183 Å². The number of amides is 4. The second-order valence-corrected chi connectivity index (χ2v) is 7.99. The predicted molar refractivity (Wildman–Crippen MR) is 112 cm³/mol. The van der Waals surface area contributed by atoms with Crippen LogP contribution in [0.2, 0.25) is 10.0 Å². The molecule has 0 aliphatic carbocycles. The molecule has 1 aliphatic heterocycles. The van der Waals surface area contributed by atoms with Crippen molar-refractivity contribution in [3.8, 4) is 0 Å². The Kier molecular flexibility index (Phi) is 6.33. The van der Waals surface area contributed by atoms with Gasteiger partial charge in [0.25, 0.3) is 5.91 Å². The number of nitrogens with one attached hydrogen (secondary N) is 2.